The lowest BCUT2D eigenvalue weighted by atomic mass is 9.83. The molecule has 0 bridgehead atoms. The van der Waals surface area contributed by atoms with E-state index in [9.17, 15) is 49.3 Å². The molecule has 3 heterocycles. The van der Waals surface area contributed by atoms with E-state index < -0.39 is 141 Å². The molecule has 4 fully saturated rings. The molecule has 0 aromatic rings. The molecule has 3 saturated heterocycles. The van der Waals surface area contributed by atoms with Crippen molar-refractivity contribution in [3.05, 3.63) is 0 Å². The van der Waals surface area contributed by atoms with Crippen molar-refractivity contribution in [1.29, 1.82) is 0 Å². The third-order valence-electron chi connectivity index (χ3n) is 9.83. The van der Waals surface area contributed by atoms with Gasteiger partial charge < -0.3 is 109 Å². The highest BCUT2D eigenvalue weighted by atomic mass is 19.3. The highest BCUT2D eigenvalue weighted by Crippen LogP contribution is 2.35. The summed E-state index contributed by atoms with van der Waals surface area (Å²) in [5.74, 6) is -5.61. The van der Waals surface area contributed by atoms with Gasteiger partial charge in [0.15, 0.2) is 25.0 Å². The molecule has 1 saturated carbocycles. The largest absolute Gasteiger partial charge is 0.395 e. The van der Waals surface area contributed by atoms with Crippen molar-refractivity contribution in [2.75, 3.05) is 39.4 Å². The van der Waals surface area contributed by atoms with Gasteiger partial charge in [-0.2, -0.15) is 0 Å². The Hall–Kier alpha value is -1.47. The highest BCUT2D eigenvalue weighted by molar-refractivity contribution is 5.82. The average Bonchev–Trinajstić information content (AvgIpc) is 3.42. The number of nitrogens with two attached hydrogens (primary N) is 5. The number of aliphatic hydroxyl groups is 8. The van der Waals surface area contributed by atoms with Crippen molar-refractivity contribution in [2.24, 2.45) is 28.7 Å². The number of aliphatic hydroxyl groups excluding tert-OH is 8. The first-order chi connectivity index (χ1) is 25.0. The molecule has 0 radical (unpaired) electrons. The van der Waals surface area contributed by atoms with E-state index in [-0.39, 0.29) is 39.1 Å². The van der Waals surface area contributed by atoms with E-state index in [1.54, 1.807) is 0 Å². The van der Waals surface area contributed by atoms with Crippen molar-refractivity contribution in [3.63, 3.8) is 0 Å². The molecule has 22 nitrogen and oxygen atoms in total. The lowest BCUT2D eigenvalue weighted by molar-refractivity contribution is -0.296. The van der Waals surface area contributed by atoms with Crippen molar-refractivity contribution in [2.45, 2.75) is 135 Å². The van der Waals surface area contributed by atoms with Crippen LogP contribution in [0.15, 0.2) is 0 Å². The highest BCUT2D eigenvalue weighted by Gasteiger charge is 2.55. The average molecular weight is 780 g/mol. The Bertz CT molecular complexity index is 1160. The predicted molar refractivity (Wildman–Crippen MR) is 172 cm³/mol. The Labute approximate surface area is 302 Å². The fourth-order valence-electron chi connectivity index (χ4n) is 6.69. The molecular formula is C29H55F2N7O15. The van der Waals surface area contributed by atoms with Crippen molar-refractivity contribution in [1.82, 2.24) is 10.6 Å². The molecule has 53 heavy (non-hydrogen) atoms. The molecule has 1 amide bonds. The monoisotopic (exact) mass is 779 g/mol. The summed E-state index contributed by atoms with van der Waals surface area (Å²) in [6.45, 7) is -2.29. The zero-order chi connectivity index (χ0) is 39.4. The smallest absolute Gasteiger partial charge is 0.294 e. The van der Waals surface area contributed by atoms with E-state index in [2.05, 4.69) is 10.6 Å². The van der Waals surface area contributed by atoms with Crippen molar-refractivity contribution < 1.29 is 82.8 Å². The van der Waals surface area contributed by atoms with Crippen LogP contribution in [-0.2, 0) is 33.2 Å². The Morgan fingerprint density at radius 3 is 2.04 bits per heavy atom. The van der Waals surface area contributed by atoms with Crippen LogP contribution in [0.1, 0.15) is 12.8 Å². The molecule has 4 aliphatic rings. The summed E-state index contributed by atoms with van der Waals surface area (Å²) >= 11 is 0. The number of rotatable bonds is 16. The summed E-state index contributed by atoms with van der Waals surface area (Å²) in [7, 11) is 0. The lowest BCUT2D eigenvalue weighted by Gasteiger charge is -2.47. The molecule has 310 valence electrons. The summed E-state index contributed by atoms with van der Waals surface area (Å²) in [6, 6.07) is -4.95. The number of nitrogens with one attached hydrogen (secondary N) is 2. The van der Waals surface area contributed by atoms with Gasteiger partial charge in [-0.15, -0.1) is 0 Å². The van der Waals surface area contributed by atoms with Gasteiger partial charge in [0.25, 0.3) is 11.8 Å². The molecule has 0 aromatic carbocycles. The van der Waals surface area contributed by atoms with Crippen LogP contribution in [-0.4, -0.2) is 208 Å². The van der Waals surface area contributed by atoms with E-state index in [0.717, 1.165) is 0 Å². The van der Waals surface area contributed by atoms with Crippen LogP contribution < -0.4 is 39.3 Å². The maximum atomic E-state index is 14.1. The summed E-state index contributed by atoms with van der Waals surface area (Å²) in [5.41, 5.74) is 29.3. The van der Waals surface area contributed by atoms with Crippen molar-refractivity contribution in [3.8, 4) is 0 Å². The van der Waals surface area contributed by atoms with Crippen LogP contribution in [0.3, 0.4) is 0 Å². The first-order valence-corrected chi connectivity index (χ1v) is 17.3. The van der Waals surface area contributed by atoms with Gasteiger partial charge in [-0.1, -0.05) is 0 Å². The van der Waals surface area contributed by atoms with Crippen LogP contribution in [0.5, 0.6) is 0 Å². The molecule has 0 aromatic heterocycles. The predicted octanol–water partition coefficient (Wildman–Crippen LogP) is -9.13. The number of hydrogen-bond acceptors (Lipinski definition) is 21. The maximum Gasteiger partial charge on any atom is 0.294 e. The maximum absolute atomic E-state index is 14.1. The minimum atomic E-state index is -4.02. The number of carbonyl (C=O) groups excluding carboxylic acids is 1. The van der Waals surface area contributed by atoms with Gasteiger partial charge in [-0.25, -0.2) is 8.78 Å². The van der Waals surface area contributed by atoms with E-state index >= 15 is 0 Å². The summed E-state index contributed by atoms with van der Waals surface area (Å²) < 4.78 is 63.3. The summed E-state index contributed by atoms with van der Waals surface area (Å²) in [4.78, 5) is 12.6. The minimum absolute atomic E-state index is 0.0120. The third-order valence-corrected chi connectivity index (χ3v) is 9.83. The van der Waals surface area contributed by atoms with Gasteiger partial charge in [0.1, 0.15) is 54.9 Å². The van der Waals surface area contributed by atoms with Crippen LogP contribution in [0.25, 0.3) is 0 Å². The zero-order valence-corrected chi connectivity index (χ0v) is 28.7. The van der Waals surface area contributed by atoms with Crippen LogP contribution in [0.2, 0.25) is 0 Å². The number of amides is 1. The molecule has 1 unspecified atom stereocenters. The molecule has 4 rings (SSSR count). The fraction of sp³-hybridized carbons (Fsp3) is 0.966. The molecule has 0 spiro atoms. The Morgan fingerprint density at radius 1 is 0.792 bits per heavy atom. The third kappa shape index (κ3) is 10.1. The molecular weight excluding hydrogens is 724 g/mol. The van der Waals surface area contributed by atoms with Gasteiger partial charge >= 0.3 is 0 Å². The van der Waals surface area contributed by atoms with Gasteiger partial charge in [-0.3, -0.25) is 4.79 Å². The zero-order valence-electron chi connectivity index (χ0n) is 28.7. The SMILES string of the molecule is NC[C@@H]1O[C@H](O[C@H]2[C@@H](O)[C@H](O[C@@H]3[C@@H](O)[C@H](NC(=O)C(O)C(F)(F)CN)C[C@H](N)[C@H]3O[C@H]3O[C@H](CNCCO)[C@@H](O)C[C@H]3N)O[C@@H]2CO)[C@H](N)[C@@H](O)[C@@H]1O. The molecule has 20 N–H and O–H groups in total. The van der Waals surface area contributed by atoms with E-state index in [4.69, 9.17) is 62.2 Å². The number of alkyl halides is 2. The number of hydrogen-bond donors (Lipinski definition) is 15. The van der Waals surface area contributed by atoms with Gasteiger partial charge in [0.2, 0.25) is 0 Å². The quantitative estimate of drug-likeness (QED) is 0.0647. The van der Waals surface area contributed by atoms with Crippen LogP contribution in [0, 0.1) is 0 Å². The summed E-state index contributed by atoms with van der Waals surface area (Å²) in [6.07, 6.45) is -23.3. The normalized spacial score (nSPS) is 44.5. The van der Waals surface area contributed by atoms with Gasteiger partial charge in [0.05, 0.1) is 50.1 Å². The van der Waals surface area contributed by atoms with E-state index in [1.165, 1.54) is 0 Å². The number of carbonyl (C=O) groups is 1. The number of halogens is 2. The second kappa shape index (κ2) is 19.1. The van der Waals surface area contributed by atoms with Crippen LogP contribution in [0.4, 0.5) is 8.78 Å². The van der Waals surface area contributed by atoms with E-state index in [1.807, 2.05) is 0 Å². The molecule has 1 aliphatic carbocycles. The second-order valence-corrected chi connectivity index (χ2v) is 13.7. The standard InChI is InChI=1S/C29H55F2N7O15/c30-29(31,8-33)24(46)25(47)38-11-3-9(34)21(51-26-10(35)4-12(41)14(49-26)6-37-1-2-39)23(17(11)42)53-28-20(45)22(15(7-40)50-28)52-27-16(36)19(44)18(43)13(5-32)48-27/h9-24,26-28,37,39-46H,1-8,32-36H2,(H,38,47)/t9-,10+,11+,12-,13-,14+,15+,16+,17-,18+,19+,20+,21+,22+,23+,24?,26+,27+,28-/m0/s1. The topological polar surface area (TPSA) is 388 Å². The van der Waals surface area contributed by atoms with Crippen LogP contribution >= 0.6 is 0 Å². The Kier molecular flexibility index (Phi) is 16.0. The first kappa shape index (κ1) is 44.2. The van der Waals surface area contributed by atoms with Gasteiger partial charge in [0, 0.05) is 25.7 Å². The Morgan fingerprint density at radius 2 is 1.42 bits per heavy atom. The lowest BCUT2D eigenvalue weighted by Crippen LogP contribution is -2.68. The minimum Gasteiger partial charge on any atom is -0.395 e. The molecule has 3 aliphatic heterocycles. The molecule has 19 atom stereocenters. The van der Waals surface area contributed by atoms with Gasteiger partial charge in [-0.05, 0) is 12.8 Å². The van der Waals surface area contributed by atoms with Crippen molar-refractivity contribution >= 4 is 5.91 Å². The first-order valence-electron chi connectivity index (χ1n) is 17.3. The van der Waals surface area contributed by atoms with E-state index in [0.29, 0.717) is 0 Å². The second-order valence-electron chi connectivity index (χ2n) is 13.7. The summed E-state index contributed by atoms with van der Waals surface area (Å²) in [5, 5.41) is 88.2. The Balaban J connectivity index is 1.57. The number of ether oxygens (including phenoxy) is 6. The fourth-order valence-corrected chi connectivity index (χ4v) is 6.69. The molecule has 24 heteroatoms.